The van der Waals surface area contributed by atoms with Gasteiger partial charge in [0.15, 0.2) is 16.6 Å². The molecular formula is C24H25N3O5S2. The van der Waals surface area contributed by atoms with Crippen LogP contribution in [0.25, 0.3) is 10.2 Å². The maximum absolute atomic E-state index is 13.2. The number of carbonyl (C=O) groups excluding carboxylic acids is 1. The van der Waals surface area contributed by atoms with Gasteiger partial charge in [-0.2, -0.15) is 4.31 Å². The normalized spacial score (nSPS) is 18.7. The van der Waals surface area contributed by atoms with Gasteiger partial charge in [0, 0.05) is 31.1 Å². The lowest BCUT2D eigenvalue weighted by Gasteiger charge is -2.30. The molecule has 6 rings (SSSR count). The van der Waals surface area contributed by atoms with Crippen molar-refractivity contribution in [2.75, 3.05) is 31.6 Å². The number of nitrogens with one attached hydrogen (secondary N) is 1. The third-order valence-electron chi connectivity index (χ3n) is 6.81. The number of aromatic nitrogens is 1. The fourth-order valence-electron chi connectivity index (χ4n) is 4.94. The van der Waals surface area contributed by atoms with E-state index in [4.69, 9.17) is 9.47 Å². The van der Waals surface area contributed by atoms with Crippen molar-refractivity contribution < 1.29 is 22.7 Å². The Morgan fingerprint density at radius 1 is 1.03 bits per heavy atom. The van der Waals surface area contributed by atoms with Gasteiger partial charge in [-0.25, -0.2) is 13.4 Å². The number of nitrogens with zero attached hydrogens (tertiary/aromatic N) is 2. The summed E-state index contributed by atoms with van der Waals surface area (Å²) in [6.07, 6.45) is 4.01. The molecule has 3 heterocycles. The molecule has 1 fully saturated rings. The maximum atomic E-state index is 13.2. The molecule has 3 aromatic rings. The van der Waals surface area contributed by atoms with E-state index in [1.54, 1.807) is 6.07 Å². The molecule has 0 bridgehead atoms. The second kappa shape index (κ2) is 8.51. The van der Waals surface area contributed by atoms with Crippen LogP contribution >= 0.6 is 11.3 Å². The number of carbonyl (C=O) groups is 1. The second-order valence-corrected chi connectivity index (χ2v) is 11.9. The van der Waals surface area contributed by atoms with E-state index in [1.165, 1.54) is 21.2 Å². The van der Waals surface area contributed by atoms with Crippen molar-refractivity contribution in [1.29, 1.82) is 0 Å². The number of hydrogen-bond donors (Lipinski definition) is 1. The van der Waals surface area contributed by atoms with Crippen LogP contribution < -0.4 is 14.8 Å². The number of sulfonamides is 1. The number of ether oxygens (including phenoxy) is 2. The molecule has 0 spiro atoms. The third kappa shape index (κ3) is 3.93. The van der Waals surface area contributed by atoms with Crippen LogP contribution in [-0.2, 0) is 27.7 Å². The van der Waals surface area contributed by atoms with Gasteiger partial charge in [0.1, 0.15) is 13.2 Å². The zero-order valence-electron chi connectivity index (χ0n) is 18.6. The number of rotatable bonds is 4. The highest BCUT2D eigenvalue weighted by Gasteiger charge is 2.33. The zero-order chi connectivity index (χ0) is 23.3. The molecule has 2 aromatic carbocycles. The Kier molecular flexibility index (Phi) is 5.46. The van der Waals surface area contributed by atoms with Crippen LogP contribution in [0.4, 0.5) is 5.13 Å². The van der Waals surface area contributed by atoms with E-state index in [-0.39, 0.29) is 11.8 Å². The van der Waals surface area contributed by atoms with E-state index < -0.39 is 10.0 Å². The number of fused-ring (bicyclic) bond motifs is 3. The Morgan fingerprint density at radius 3 is 2.56 bits per heavy atom. The van der Waals surface area contributed by atoms with Crippen molar-refractivity contribution in [3.05, 3.63) is 41.5 Å². The highest BCUT2D eigenvalue weighted by Crippen LogP contribution is 2.38. The van der Waals surface area contributed by atoms with E-state index in [2.05, 4.69) is 10.3 Å². The molecule has 2 aliphatic heterocycles. The monoisotopic (exact) mass is 499 g/mol. The summed E-state index contributed by atoms with van der Waals surface area (Å²) in [5.41, 5.74) is 3.15. The van der Waals surface area contributed by atoms with Gasteiger partial charge in [0.2, 0.25) is 15.9 Å². The van der Waals surface area contributed by atoms with Gasteiger partial charge in [0.05, 0.1) is 15.1 Å². The Balaban J connectivity index is 1.11. The van der Waals surface area contributed by atoms with Gasteiger partial charge in [-0.3, -0.25) is 4.79 Å². The Morgan fingerprint density at radius 2 is 1.76 bits per heavy atom. The van der Waals surface area contributed by atoms with Gasteiger partial charge in [0.25, 0.3) is 0 Å². The predicted molar refractivity (Wildman–Crippen MR) is 129 cm³/mol. The van der Waals surface area contributed by atoms with Crippen LogP contribution in [0.3, 0.4) is 0 Å². The standard InChI is InChI=1S/C24H25N3O5S2/c28-23(26-24-25-19-13-20-21(14-22(19)33-24)32-11-10-31-20)16-6-8-27(9-7-16)34(29,30)18-5-4-15-2-1-3-17(15)12-18/h4-5,12-14,16H,1-3,6-11H2,(H,25,26,28). The predicted octanol–water partition coefficient (Wildman–Crippen LogP) is 3.60. The molecule has 0 radical (unpaired) electrons. The fraction of sp³-hybridized carbons (Fsp3) is 0.417. The molecule has 0 atom stereocenters. The lowest BCUT2D eigenvalue weighted by Crippen LogP contribution is -2.41. The Labute approximate surface area is 201 Å². The minimum absolute atomic E-state index is 0.120. The Hall–Kier alpha value is -2.69. The highest BCUT2D eigenvalue weighted by molar-refractivity contribution is 7.89. The van der Waals surface area contributed by atoms with Crippen LogP contribution in [0.15, 0.2) is 35.2 Å². The molecule has 0 saturated carbocycles. The molecule has 1 amide bonds. The van der Waals surface area contributed by atoms with Gasteiger partial charge in [-0.05, 0) is 55.4 Å². The molecule has 1 aromatic heterocycles. The number of anilines is 1. The average Bonchev–Trinajstić information content (AvgIpc) is 3.48. The number of hydrogen-bond acceptors (Lipinski definition) is 7. The minimum Gasteiger partial charge on any atom is -0.486 e. The summed E-state index contributed by atoms with van der Waals surface area (Å²) in [6, 6.07) is 9.22. The van der Waals surface area contributed by atoms with Gasteiger partial charge in [-0.15, -0.1) is 0 Å². The largest absolute Gasteiger partial charge is 0.486 e. The summed E-state index contributed by atoms with van der Waals surface area (Å²) in [5.74, 6) is 0.986. The second-order valence-electron chi connectivity index (χ2n) is 8.93. The van der Waals surface area contributed by atoms with Crippen LogP contribution in [0.2, 0.25) is 0 Å². The van der Waals surface area contributed by atoms with E-state index >= 15 is 0 Å². The first kappa shape index (κ1) is 21.8. The summed E-state index contributed by atoms with van der Waals surface area (Å²) in [6.45, 7) is 1.69. The van der Waals surface area contributed by atoms with Gasteiger partial charge >= 0.3 is 0 Å². The van der Waals surface area contributed by atoms with E-state index in [0.29, 0.717) is 60.7 Å². The van der Waals surface area contributed by atoms with Crippen molar-refractivity contribution in [2.24, 2.45) is 5.92 Å². The van der Waals surface area contributed by atoms with E-state index in [1.807, 2.05) is 24.3 Å². The fourth-order valence-corrected chi connectivity index (χ4v) is 7.34. The van der Waals surface area contributed by atoms with Crippen LogP contribution in [-0.4, -0.2) is 49.9 Å². The van der Waals surface area contributed by atoms with Gasteiger partial charge in [-0.1, -0.05) is 17.4 Å². The van der Waals surface area contributed by atoms with Gasteiger partial charge < -0.3 is 14.8 Å². The molecule has 0 unspecified atom stereocenters. The summed E-state index contributed by atoms with van der Waals surface area (Å²) in [7, 11) is -3.55. The molecule has 34 heavy (non-hydrogen) atoms. The first-order valence-electron chi connectivity index (χ1n) is 11.6. The molecule has 1 N–H and O–H groups in total. The van der Waals surface area contributed by atoms with E-state index in [9.17, 15) is 13.2 Å². The van der Waals surface area contributed by atoms with E-state index in [0.717, 1.165) is 35.0 Å². The maximum Gasteiger partial charge on any atom is 0.243 e. The summed E-state index contributed by atoms with van der Waals surface area (Å²) < 4.78 is 40.0. The molecule has 178 valence electrons. The lowest BCUT2D eigenvalue weighted by atomic mass is 9.97. The SMILES string of the molecule is O=C(Nc1nc2cc3c(cc2s1)OCCO3)C1CCN(S(=O)(=O)c2ccc3c(c2)CCC3)CC1. The minimum atomic E-state index is -3.55. The Bertz CT molecular complexity index is 1330. The van der Waals surface area contributed by atoms with Crippen molar-refractivity contribution in [1.82, 2.24) is 9.29 Å². The smallest absolute Gasteiger partial charge is 0.243 e. The number of aryl methyl sites for hydroxylation is 2. The zero-order valence-corrected chi connectivity index (χ0v) is 20.2. The molecule has 1 aliphatic carbocycles. The number of amides is 1. The summed E-state index contributed by atoms with van der Waals surface area (Å²) in [4.78, 5) is 17.8. The van der Waals surface area contributed by atoms with Crippen LogP contribution in [0.1, 0.15) is 30.4 Å². The number of thiazole rings is 1. The highest BCUT2D eigenvalue weighted by atomic mass is 32.2. The molecule has 8 nitrogen and oxygen atoms in total. The van der Waals surface area contributed by atoms with Crippen LogP contribution in [0, 0.1) is 5.92 Å². The quantitative estimate of drug-likeness (QED) is 0.589. The first-order valence-corrected chi connectivity index (χ1v) is 13.9. The lowest BCUT2D eigenvalue weighted by molar-refractivity contribution is -0.120. The van der Waals surface area contributed by atoms with Crippen molar-refractivity contribution >= 4 is 42.6 Å². The number of piperidine rings is 1. The third-order valence-corrected chi connectivity index (χ3v) is 9.64. The van der Waals surface area contributed by atoms with Crippen molar-refractivity contribution in [3.8, 4) is 11.5 Å². The molecule has 1 saturated heterocycles. The van der Waals surface area contributed by atoms with Crippen molar-refractivity contribution in [2.45, 2.75) is 37.0 Å². The molecule has 10 heteroatoms. The average molecular weight is 500 g/mol. The summed E-state index contributed by atoms with van der Waals surface area (Å²) in [5, 5.41) is 3.45. The summed E-state index contributed by atoms with van der Waals surface area (Å²) >= 11 is 1.39. The number of benzene rings is 2. The first-order chi connectivity index (χ1) is 16.5. The van der Waals surface area contributed by atoms with Crippen LogP contribution in [0.5, 0.6) is 11.5 Å². The molecular weight excluding hydrogens is 474 g/mol. The van der Waals surface area contributed by atoms with Crippen molar-refractivity contribution in [3.63, 3.8) is 0 Å². The topological polar surface area (TPSA) is 97.8 Å². The molecule has 3 aliphatic rings.